The van der Waals surface area contributed by atoms with E-state index in [0.29, 0.717) is 11.1 Å². The van der Waals surface area contributed by atoms with Crippen molar-refractivity contribution in [3.05, 3.63) is 59.7 Å². The van der Waals surface area contributed by atoms with Crippen LogP contribution < -0.4 is 4.90 Å². The summed E-state index contributed by atoms with van der Waals surface area (Å²) in [5, 5.41) is 9.29. The summed E-state index contributed by atoms with van der Waals surface area (Å²) in [6.45, 7) is 4.16. The van der Waals surface area contributed by atoms with Gasteiger partial charge in [0.05, 0.1) is 0 Å². The second-order valence-electron chi connectivity index (χ2n) is 5.71. The molecule has 0 aliphatic carbocycles. The number of aromatic hydroxyl groups is 1. The highest BCUT2D eigenvalue weighted by molar-refractivity contribution is 6.09. The van der Waals surface area contributed by atoms with E-state index in [1.807, 2.05) is 24.3 Å². The summed E-state index contributed by atoms with van der Waals surface area (Å²) in [5.41, 5.74) is 2.42. The maximum atomic E-state index is 12.4. The molecular weight excluding hydrogens is 276 g/mol. The first kappa shape index (κ1) is 14.6. The van der Waals surface area contributed by atoms with Gasteiger partial charge in [-0.15, -0.1) is 0 Å². The van der Waals surface area contributed by atoms with Crippen molar-refractivity contribution < 1.29 is 9.90 Å². The fourth-order valence-corrected chi connectivity index (χ4v) is 2.67. The molecule has 1 aliphatic rings. The number of hydrogen-bond acceptors (Lipinski definition) is 4. The highest BCUT2D eigenvalue weighted by Gasteiger charge is 2.15. The minimum atomic E-state index is -0.0232. The molecule has 1 N–H and O–H groups in total. The van der Waals surface area contributed by atoms with Gasteiger partial charge in [-0.05, 0) is 55.6 Å². The zero-order chi connectivity index (χ0) is 15.5. The summed E-state index contributed by atoms with van der Waals surface area (Å²) in [7, 11) is 2.14. The zero-order valence-electron chi connectivity index (χ0n) is 12.7. The third-order valence-electron chi connectivity index (χ3n) is 4.13. The van der Waals surface area contributed by atoms with Gasteiger partial charge in [0.15, 0.2) is 5.78 Å². The number of nitrogens with zero attached hydrogens (tertiary/aromatic N) is 2. The van der Waals surface area contributed by atoms with Crippen LogP contribution in [0.15, 0.2) is 48.5 Å². The fraction of sp³-hybridized carbons (Fsp3) is 0.278. The fourth-order valence-electron chi connectivity index (χ4n) is 2.67. The standard InChI is InChI=1S/C18H20N2O2/c1-19-10-12-20(13-11-19)16-6-2-14(3-7-16)18(22)15-4-8-17(21)9-5-15/h2-9,21H,10-13H2,1H3. The highest BCUT2D eigenvalue weighted by Crippen LogP contribution is 2.19. The van der Waals surface area contributed by atoms with Crippen LogP contribution in [0.2, 0.25) is 0 Å². The van der Waals surface area contributed by atoms with Crippen molar-refractivity contribution in [2.45, 2.75) is 0 Å². The molecule has 1 saturated heterocycles. The van der Waals surface area contributed by atoms with E-state index in [4.69, 9.17) is 0 Å². The number of carbonyl (C=O) groups is 1. The molecular formula is C18H20N2O2. The number of likely N-dealkylation sites (N-methyl/N-ethyl adjacent to an activating group) is 1. The third kappa shape index (κ3) is 3.12. The van der Waals surface area contributed by atoms with Gasteiger partial charge in [-0.1, -0.05) is 0 Å². The molecule has 0 saturated carbocycles. The molecule has 114 valence electrons. The lowest BCUT2D eigenvalue weighted by molar-refractivity contribution is 0.103. The van der Waals surface area contributed by atoms with Gasteiger partial charge in [-0.2, -0.15) is 0 Å². The quantitative estimate of drug-likeness (QED) is 0.883. The molecule has 1 aliphatic heterocycles. The summed E-state index contributed by atoms with van der Waals surface area (Å²) in [6, 6.07) is 14.1. The topological polar surface area (TPSA) is 43.8 Å². The predicted molar refractivity (Wildman–Crippen MR) is 87.7 cm³/mol. The van der Waals surface area contributed by atoms with E-state index in [1.165, 1.54) is 12.1 Å². The van der Waals surface area contributed by atoms with Crippen LogP contribution in [0.3, 0.4) is 0 Å². The van der Waals surface area contributed by atoms with E-state index in [9.17, 15) is 9.90 Å². The Bertz CT molecular complexity index is 642. The molecule has 0 atom stereocenters. The molecule has 22 heavy (non-hydrogen) atoms. The molecule has 0 amide bonds. The second-order valence-corrected chi connectivity index (χ2v) is 5.71. The number of phenols is 1. The molecule has 2 aromatic rings. The van der Waals surface area contributed by atoms with Crippen molar-refractivity contribution in [2.75, 3.05) is 38.1 Å². The van der Waals surface area contributed by atoms with Crippen LogP contribution in [-0.4, -0.2) is 49.0 Å². The maximum Gasteiger partial charge on any atom is 0.193 e. The Hall–Kier alpha value is -2.33. The number of carbonyl (C=O) groups excluding carboxylic acids is 1. The van der Waals surface area contributed by atoms with Gasteiger partial charge in [0.25, 0.3) is 0 Å². The van der Waals surface area contributed by atoms with E-state index < -0.39 is 0 Å². The lowest BCUT2D eigenvalue weighted by atomic mass is 10.0. The van der Waals surface area contributed by atoms with Crippen molar-refractivity contribution in [3.63, 3.8) is 0 Å². The van der Waals surface area contributed by atoms with E-state index in [0.717, 1.165) is 31.9 Å². The lowest BCUT2D eigenvalue weighted by Crippen LogP contribution is -2.44. The molecule has 4 nitrogen and oxygen atoms in total. The first-order valence-corrected chi connectivity index (χ1v) is 7.51. The Morgan fingerprint density at radius 1 is 0.864 bits per heavy atom. The van der Waals surface area contributed by atoms with Crippen LogP contribution in [0.25, 0.3) is 0 Å². The number of hydrogen-bond donors (Lipinski definition) is 1. The first-order valence-electron chi connectivity index (χ1n) is 7.51. The van der Waals surface area contributed by atoms with Crippen LogP contribution in [0.5, 0.6) is 5.75 Å². The van der Waals surface area contributed by atoms with Crippen LogP contribution in [0, 0.1) is 0 Å². The second kappa shape index (κ2) is 6.20. The van der Waals surface area contributed by atoms with Crippen molar-refractivity contribution in [2.24, 2.45) is 0 Å². The minimum Gasteiger partial charge on any atom is -0.508 e. The predicted octanol–water partition coefficient (Wildman–Crippen LogP) is 2.38. The van der Waals surface area contributed by atoms with E-state index in [-0.39, 0.29) is 11.5 Å². The van der Waals surface area contributed by atoms with Gasteiger partial charge >= 0.3 is 0 Å². The zero-order valence-corrected chi connectivity index (χ0v) is 12.7. The molecule has 4 heteroatoms. The normalized spacial score (nSPS) is 15.8. The molecule has 0 bridgehead atoms. The SMILES string of the molecule is CN1CCN(c2ccc(C(=O)c3ccc(O)cc3)cc2)CC1. The van der Waals surface area contributed by atoms with Crippen LogP contribution >= 0.6 is 0 Å². The average molecular weight is 296 g/mol. The van der Waals surface area contributed by atoms with Gasteiger partial charge in [-0.25, -0.2) is 0 Å². The van der Waals surface area contributed by atoms with E-state index in [2.05, 4.69) is 16.8 Å². The van der Waals surface area contributed by atoms with Crippen LogP contribution in [-0.2, 0) is 0 Å². The van der Waals surface area contributed by atoms with Gasteiger partial charge in [0, 0.05) is 43.0 Å². The Morgan fingerprint density at radius 3 is 1.91 bits per heavy atom. The molecule has 0 aromatic heterocycles. The van der Waals surface area contributed by atoms with Crippen LogP contribution in [0.4, 0.5) is 5.69 Å². The van der Waals surface area contributed by atoms with Crippen molar-refractivity contribution in [3.8, 4) is 5.75 Å². The van der Waals surface area contributed by atoms with Crippen molar-refractivity contribution >= 4 is 11.5 Å². The number of anilines is 1. The van der Waals surface area contributed by atoms with Gasteiger partial charge < -0.3 is 14.9 Å². The Balaban J connectivity index is 1.73. The van der Waals surface area contributed by atoms with Crippen LogP contribution in [0.1, 0.15) is 15.9 Å². The lowest BCUT2D eigenvalue weighted by Gasteiger charge is -2.34. The largest absolute Gasteiger partial charge is 0.508 e. The number of phenolic OH excluding ortho intramolecular Hbond substituents is 1. The number of benzene rings is 2. The number of ketones is 1. The Labute approximate surface area is 130 Å². The average Bonchev–Trinajstić information content (AvgIpc) is 2.56. The number of rotatable bonds is 3. The van der Waals surface area contributed by atoms with Gasteiger partial charge in [0.1, 0.15) is 5.75 Å². The van der Waals surface area contributed by atoms with Crippen molar-refractivity contribution in [1.29, 1.82) is 0 Å². The van der Waals surface area contributed by atoms with Crippen molar-refractivity contribution in [1.82, 2.24) is 4.90 Å². The molecule has 1 heterocycles. The summed E-state index contributed by atoms with van der Waals surface area (Å²) in [5.74, 6) is 0.145. The summed E-state index contributed by atoms with van der Waals surface area (Å²) in [6.07, 6.45) is 0. The summed E-state index contributed by atoms with van der Waals surface area (Å²) < 4.78 is 0. The third-order valence-corrected chi connectivity index (χ3v) is 4.13. The van der Waals surface area contributed by atoms with Gasteiger partial charge in [0.2, 0.25) is 0 Å². The molecule has 3 rings (SSSR count). The summed E-state index contributed by atoms with van der Waals surface area (Å²) in [4.78, 5) is 17.0. The smallest absolute Gasteiger partial charge is 0.193 e. The monoisotopic (exact) mass is 296 g/mol. The molecule has 1 fully saturated rings. The molecule has 0 spiro atoms. The van der Waals surface area contributed by atoms with E-state index in [1.54, 1.807) is 12.1 Å². The number of piperazine rings is 1. The Kier molecular flexibility index (Phi) is 4.11. The maximum absolute atomic E-state index is 12.4. The first-order chi connectivity index (χ1) is 10.6. The molecule has 0 radical (unpaired) electrons. The highest BCUT2D eigenvalue weighted by atomic mass is 16.3. The molecule has 2 aromatic carbocycles. The Morgan fingerprint density at radius 2 is 1.36 bits per heavy atom. The van der Waals surface area contributed by atoms with E-state index >= 15 is 0 Å². The molecule has 0 unspecified atom stereocenters. The summed E-state index contributed by atoms with van der Waals surface area (Å²) >= 11 is 0. The van der Waals surface area contributed by atoms with Gasteiger partial charge in [-0.3, -0.25) is 4.79 Å². The minimum absolute atomic E-state index is 0.0232.